The summed E-state index contributed by atoms with van der Waals surface area (Å²) in [5, 5.41) is 16.3. The van der Waals surface area contributed by atoms with Crippen LogP contribution in [-0.2, 0) is 0 Å². The molecule has 1 unspecified atom stereocenters. The van der Waals surface area contributed by atoms with Gasteiger partial charge in [-0.2, -0.15) is 4.68 Å². The minimum absolute atomic E-state index is 0.0144. The van der Waals surface area contributed by atoms with Gasteiger partial charge in [-0.15, -0.1) is 4.68 Å². The Morgan fingerprint density at radius 1 is 1.13 bits per heavy atom. The predicted molar refractivity (Wildman–Crippen MR) is 105 cm³/mol. The fraction of sp³-hybridized carbons (Fsp3) is 0.118. The van der Waals surface area contributed by atoms with Crippen LogP contribution in [0.25, 0.3) is 5.69 Å². The number of ether oxygens (including phenoxy) is 2. The van der Waals surface area contributed by atoms with Crippen molar-refractivity contribution in [2.45, 2.75) is 0 Å². The van der Waals surface area contributed by atoms with Crippen molar-refractivity contribution >= 4 is 27.1 Å². The predicted octanol–water partition coefficient (Wildman–Crippen LogP) is 1.55. The molecule has 0 bridgehead atoms. The second kappa shape index (κ2) is 8.29. The highest BCUT2D eigenvalue weighted by atomic mass is 31.0. The number of anilines is 1. The standard InChI is InChI=1S/C17H15FN5O6P/c1-28-12-7-6-9(8-10(12)15(24)25)23(30)17(27)22-16(26)21(19-20-22)14-11(18)4-3-5-13(14)29-2/h3-8H,30H2,1-2H3,(H,24,25). The third kappa shape index (κ3) is 3.60. The fourth-order valence-corrected chi connectivity index (χ4v) is 2.87. The summed E-state index contributed by atoms with van der Waals surface area (Å²) in [7, 11) is 4.64. The number of hydrogen-bond acceptors (Lipinski definition) is 7. The molecule has 1 aromatic heterocycles. The van der Waals surface area contributed by atoms with Gasteiger partial charge in [0.1, 0.15) is 22.7 Å². The first-order chi connectivity index (χ1) is 14.3. The summed E-state index contributed by atoms with van der Waals surface area (Å²) in [6.07, 6.45) is 0. The van der Waals surface area contributed by atoms with E-state index in [9.17, 15) is 23.9 Å². The number of rotatable bonds is 5. The number of hydrogen-bond donors (Lipinski definition) is 1. The normalized spacial score (nSPS) is 10.5. The molecule has 1 N–H and O–H groups in total. The molecule has 0 aliphatic rings. The number of tetrazole rings is 1. The summed E-state index contributed by atoms with van der Waals surface area (Å²) in [4.78, 5) is 36.8. The monoisotopic (exact) mass is 435 g/mol. The molecule has 30 heavy (non-hydrogen) atoms. The number of carboxylic acid groups (broad SMARTS) is 1. The van der Waals surface area contributed by atoms with Gasteiger partial charge in [-0.3, -0.25) is 4.67 Å². The smallest absolute Gasteiger partial charge is 0.377 e. The van der Waals surface area contributed by atoms with Gasteiger partial charge < -0.3 is 14.6 Å². The lowest BCUT2D eigenvalue weighted by atomic mass is 10.2. The van der Waals surface area contributed by atoms with Crippen LogP contribution in [0.3, 0.4) is 0 Å². The quantitative estimate of drug-likeness (QED) is 0.472. The second-order valence-corrected chi connectivity index (χ2v) is 6.23. The van der Waals surface area contributed by atoms with E-state index >= 15 is 0 Å². The van der Waals surface area contributed by atoms with Crippen LogP contribution in [0.5, 0.6) is 11.5 Å². The van der Waals surface area contributed by atoms with E-state index in [1.54, 1.807) is 0 Å². The maximum Gasteiger partial charge on any atom is 0.377 e. The van der Waals surface area contributed by atoms with Crippen molar-refractivity contribution in [1.82, 2.24) is 19.8 Å². The van der Waals surface area contributed by atoms with Crippen LogP contribution in [0, 0.1) is 5.82 Å². The Morgan fingerprint density at radius 3 is 2.47 bits per heavy atom. The maximum atomic E-state index is 14.2. The molecule has 0 saturated heterocycles. The third-order valence-corrected chi connectivity index (χ3v) is 4.56. The molecule has 0 spiro atoms. The number of para-hydroxylation sites is 1. The number of carbonyl (C=O) groups excluding carboxylic acids is 1. The van der Waals surface area contributed by atoms with Gasteiger partial charge in [-0.05, 0) is 50.1 Å². The van der Waals surface area contributed by atoms with E-state index in [0.29, 0.717) is 9.36 Å². The topological polar surface area (TPSA) is 129 Å². The highest BCUT2D eigenvalue weighted by molar-refractivity contribution is 7.21. The molecule has 11 nitrogen and oxygen atoms in total. The van der Waals surface area contributed by atoms with Crippen LogP contribution in [0.4, 0.5) is 14.9 Å². The molecule has 0 saturated carbocycles. The highest BCUT2D eigenvalue weighted by Gasteiger charge is 2.24. The molecule has 0 aliphatic carbocycles. The average Bonchev–Trinajstić information content (AvgIpc) is 3.12. The van der Waals surface area contributed by atoms with Crippen molar-refractivity contribution in [3.05, 3.63) is 58.3 Å². The summed E-state index contributed by atoms with van der Waals surface area (Å²) >= 11 is 0. The number of amides is 1. The minimum Gasteiger partial charge on any atom is -0.496 e. The number of nitrogens with zero attached hydrogens (tertiary/aromatic N) is 5. The van der Waals surface area contributed by atoms with Crippen LogP contribution in [0.1, 0.15) is 10.4 Å². The summed E-state index contributed by atoms with van der Waals surface area (Å²) in [6, 6.07) is 6.86. The second-order valence-electron chi connectivity index (χ2n) is 5.72. The Kier molecular flexibility index (Phi) is 5.79. The summed E-state index contributed by atoms with van der Waals surface area (Å²) in [5.74, 6) is -1.97. The summed E-state index contributed by atoms with van der Waals surface area (Å²) < 4.78 is 26.1. The molecule has 1 atom stereocenters. The largest absolute Gasteiger partial charge is 0.496 e. The van der Waals surface area contributed by atoms with E-state index in [4.69, 9.17) is 9.47 Å². The minimum atomic E-state index is -1.27. The number of carboxylic acids is 1. The fourth-order valence-electron chi connectivity index (χ4n) is 2.60. The first-order valence-electron chi connectivity index (χ1n) is 8.18. The number of carbonyl (C=O) groups is 2. The third-order valence-electron chi connectivity index (χ3n) is 4.04. The zero-order valence-corrected chi connectivity index (χ0v) is 16.8. The molecule has 1 heterocycles. The van der Waals surface area contributed by atoms with Gasteiger partial charge >= 0.3 is 17.7 Å². The van der Waals surface area contributed by atoms with Crippen molar-refractivity contribution in [3.8, 4) is 17.2 Å². The van der Waals surface area contributed by atoms with Crippen molar-refractivity contribution in [2.24, 2.45) is 0 Å². The lowest BCUT2D eigenvalue weighted by Gasteiger charge is -2.17. The Balaban J connectivity index is 2.01. The van der Waals surface area contributed by atoms with Crippen molar-refractivity contribution in [2.75, 3.05) is 18.9 Å². The van der Waals surface area contributed by atoms with Crippen LogP contribution in [0.2, 0.25) is 0 Å². The SMILES string of the molecule is COc1ccc(N(P)C(=O)n2nnn(-c3c(F)cccc3OC)c2=O)cc1C(=O)O. The zero-order chi connectivity index (χ0) is 22.0. The van der Waals surface area contributed by atoms with Gasteiger partial charge in [-0.1, -0.05) is 6.07 Å². The molecule has 0 fully saturated rings. The first kappa shape index (κ1) is 20.9. The molecule has 3 rings (SSSR count). The van der Waals surface area contributed by atoms with Gasteiger partial charge in [0.25, 0.3) is 0 Å². The van der Waals surface area contributed by atoms with E-state index in [2.05, 4.69) is 19.8 Å². The molecule has 2 aromatic carbocycles. The zero-order valence-electron chi connectivity index (χ0n) is 15.6. The van der Waals surface area contributed by atoms with Crippen LogP contribution in [-0.4, -0.2) is 51.1 Å². The number of aromatic carboxylic acids is 1. The molecule has 1 amide bonds. The molecule has 156 valence electrons. The van der Waals surface area contributed by atoms with Crippen molar-refractivity contribution < 1.29 is 28.6 Å². The Hall–Kier alpha value is -3.79. The van der Waals surface area contributed by atoms with Crippen molar-refractivity contribution in [1.29, 1.82) is 0 Å². The summed E-state index contributed by atoms with van der Waals surface area (Å²) in [5.41, 5.74) is -1.43. The molecule has 3 aromatic rings. The van der Waals surface area contributed by atoms with E-state index in [-0.39, 0.29) is 28.4 Å². The van der Waals surface area contributed by atoms with Gasteiger partial charge in [0.05, 0.1) is 14.2 Å². The van der Waals surface area contributed by atoms with E-state index in [1.807, 2.05) is 0 Å². The van der Waals surface area contributed by atoms with E-state index in [0.717, 1.165) is 10.7 Å². The average molecular weight is 435 g/mol. The Labute approximate surface area is 170 Å². The molecular weight excluding hydrogens is 420 g/mol. The molecule has 0 aliphatic heterocycles. The number of aromatic nitrogens is 4. The highest BCUT2D eigenvalue weighted by Crippen LogP contribution is 2.27. The van der Waals surface area contributed by atoms with Gasteiger partial charge in [-0.25, -0.2) is 18.8 Å². The van der Waals surface area contributed by atoms with E-state index < -0.39 is 23.5 Å². The number of methoxy groups -OCH3 is 2. The molecule has 13 heteroatoms. The van der Waals surface area contributed by atoms with Crippen LogP contribution in [0.15, 0.2) is 41.2 Å². The van der Waals surface area contributed by atoms with Crippen molar-refractivity contribution in [3.63, 3.8) is 0 Å². The number of benzene rings is 2. The molecule has 0 radical (unpaired) electrons. The van der Waals surface area contributed by atoms with Gasteiger partial charge in [0, 0.05) is 5.69 Å². The Morgan fingerprint density at radius 2 is 1.83 bits per heavy atom. The lowest BCUT2D eigenvalue weighted by molar-refractivity contribution is 0.0693. The Bertz CT molecular complexity index is 1190. The lowest BCUT2D eigenvalue weighted by Crippen LogP contribution is -2.36. The summed E-state index contributed by atoms with van der Waals surface area (Å²) in [6.45, 7) is 0. The van der Waals surface area contributed by atoms with Gasteiger partial charge in [0.15, 0.2) is 5.82 Å². The van der Waals surface area contributed by atoms with E-state index in [1.165, 1.54) is 44.6 Å². The first-order valence-corrected chi connectivity index (χ1v) is 8.70. The van der Waals surface area contributed by atoms with Crippen LogP contribution >= 0.6 is 9.39 Å². The molecular formula is C17H15FN5O6P. The van der Waals surface area contributed by atoms with Crippen LogP contribution < -0.4 is 19.8 Å². The number of halogens is 1. The van der Waals surface area contributed by atoms with Gasteiger partial charge in [0.2, 0.25) is 0 Å². The maximum absolute atomic E-state index is 14.2.